The molecule has 0 fully saturated rings. The fourth-order valence-corrected chi connectivity index (χ4v) is 1.97. The number of benzene rings is 1. The van der Waals surface area contributed by atoms with Gasteiger partial charge in [-0.25, -0.2) is 0 Å². The molecule has 0 bridgehead atoms. The topological polar surface area (TPSA) is 54.4 Å². The van der Waals surface area contributed by atoms with Crippen molar-refractivity contribution in [1.82, 2.24) is 4.98 Å². The fraction of sp³-hybridized carbons (Fsp3) is 0.267. The molecule has 0 amide bonds. The molecule has 1 unspecified atom stereocenters. The van der Waals surface area contributed by atoms with Gasteiger partial charge in [-0.05, 0) is 43.7 Å². The van der Waals surface area contributed by atoms with Crippen molar-refractivity contribution >= 4 is 5.69 Å². The highest BCUT2D eigenvalue weighted by molar-refractivity contribution is 5.48. The number of anilines is 1. The molecule has 4 heteroatoms. The maximum atomic E-state index is 9.92. The Hall–Kier alpha value is -2.23. The number of aromatic hydroxyl groups is 1. The van der Waals surface area contributed by atoms with Crippen molar-refractivity contribution in [3.63, 3.8) is 0 Å². The van der Waals surface area contributed by atoms with Crippen LogP contribution in [0.3, 0.4) is 0 Å². The number of rotatable bonds is 4. The number of phenolic OH excluding ortho intramolecular Hbond substituents is 1. The molecule has 2 aromatic rings. The Morgan fingerprint density at radius 1 is 1.26 bits per heavy atom. The molecule has 0 radical (unpaired) electrons. The molecule has 100 valence electrons. The summed E-state index contributed by atoms with van der Waals surface area (Å²) in [6.45, 7) is 3.97. The molecule has 1 heterocycles. The number of pyridine rings is 1. The summed E-state index contributed by atoms with van der Waals surface area (Å²) in [5, 5.41) is 13.2. The number of aryl methyl sites for hydroxylation is 1. The Morgan fingerprint density at radius 2 is 2.05 bits per heavy atom. The molecule has 1 atom stereocenters. The van der Waals surface area contributed by atoms with Crippen molar-refractivity contribution in [2.75, 3.05) is 12.4 Å². The molecule has 0 saturated heterocycles. The van der Waals surface area contributed by atoms with Gasteiger partial charge in [0.15, 0.2) is 0 Å². The summed E-state index contributed by atoms with van der Waals surface area (Å²) in [5.41, 5.74) is 2.81. The lowest BCUT2D eigenvalue weighted by atomic mass is 10.1. The molecule has 1 aromatic heterocycles. The Balaban J connectivity index is 2.22. The Kier molecular flexibility index (Phi) is 3.90. The van der Waals surface area contributed by atoms with E-state index in [0.717, 1.165) is 22.6 Å². The molecule has 0 saturated carbocycles. The smallest absolute Gasteiger partial charge is 0.121 e. The average molecular weight is 258 g/mol. The Morgan fingerprint density at radius 3 is 2.74 bits per heavy atom. The largest absolute Gasteiger partial charge is 0.508 e. The van der Waals surface area contributed by atoms with E-state index in [1.165, 1.54) is 0 Å². The number of aromatic nitrogens is 1. The maximum absolute atomic E-state index is 9.92. The zero-order valence-electron chi connectivity index (χ0n) is 11.3. The van der Waals surface area contributed by atoms with Crippen molar-refractivity contribution in [1.29, 1.82) is 0 Å². The lowest BCUT2D eigenvalue weighted by Gasteiger charge is -2.17. The van der Waals surface area contributed by atoms with Crippen LogP contribution in [0.15, 0.2) is 36.7 Å². The molecule has 0 spiro atoms. The molecule has 1 aromatic carbocycles. The Bertz CT molecular complexity index is 570. The van der Waals surface area contributed by atoms with Crippen molar-refractivity contribution in [3.8, 4) is 11.5 Å². The SMILES string of the molecule is COc1ccc(O)c(C(C)Nc2cncc(C)c2)c1. The van der Waals surface area contributed by atoms with E-state index < -0.39 is 0 Å². The molecule has 0 aliphatic carbocycles. The summed E-state index contributed by atoms with van der Waals surface area (Å²) in [5.74, 6) is 0.977. The van der Waals surface area contributed by atoms with Gasteiger partial charge in [0.1, 0.15) is 11.5 Å². The van der Waals surface area contributed by atoms with E-state index in [1.54, 1.807) is 31.6 Å². The first kappa shape index (κ1) is 13.2. The monoisotopic (exact) mass is 258 g/mol. The van der Waals surface area contributed by atoms with Crippen molar-refractivity contribution in [2.24, 2.45) is 0 Å². The molecule has 2 N–H and O–H groups in total. The number of ether oxygens (including phenoxy) is 1. The summed E-state index contributed by atoms with van der Waals surface area (Å²) >= 11 is 0. The second-order valence-electron chi connectivity index (χ2n) is 4.54. The summed E-state index contributed by atoms with van der Waals surface area (Å²) < 4.78 is 5.18. The van der Waals surface area contributed by atoms with Crippen LogP contribution in [0.5, 0.6) is 11.5 Å². The zero-order chi connectivity index (χ0) is 13.8. The second kappa shape index (κ2) is 5.61. The van der Waals surface area contributed by atoms with Crippen molar-refractivity contribution in [3.05, 3.63) is 47.8 Å². The van der Waals surface area contributed by atoms with Gasteiger partial charge in [0.25, 0.3) is 0 Å². The van der Waals surface area contributed by atoms with Gasteiger partial charge in [-0.15, -0.1) is 0 Å². The van der Waals surface area contributed by atoms with Crippen LogP contribution in [0, 0.1) is 6.92 Å². The van der Waals surface area contributed by atoms with E-state index in [9.17, 15) is 5.11 Å². The lowest BCUT2D eigenvalue weighted by Crippen LogP contribution is -2.07. The first-order valence-corrected chi connectivity index (χ1v) is 6.15. The van der Waals surface area contributed by atoms with Crippen LogP contribution in [0.2, 0.25) is 0 Å². The van der Waals surface area contributed by atoms with Crippen molar-refractivity contribution < 1.29 is 9.84 Å². The predicted molar refractivity (Wildman–Crippen MR) is 75.7 cm³/mol. The van der Waals surface area contributed by atoms with Gasteiger partial charge in [-0.1, -0.05) is 0 Å². The third kappa shape index (κ3) is 3.16. The van der Waals surface area contributed by atoms with Gasteiger partial charge in [-0.3, -0.25) is 4.98 Å². The highest BCUT2D eigenvalue weighted by Gasteiger charge is 2.11. The van der Waals surface area contributed by atoms with Gasteiger partial charge in [0.05, 0.1) is 18.8 Å². The van der Waals surface area contributed by atoms with Gasteiger partial charge in [-0.2, -0.15) is 0 Å². The second-order valence-corrected chi connectivity index (χ2v) is 4.54. The van der Waals surface area contributed by atoms with E-state index in [1.807, 2.05) is 26.0 Å². The highest BCUT2D eigenvalue weighted by atomic mass is 16.5. The number of nitrogens with zero attached hydrogens (tertiary/aromatic N) is 1. The highest BCUT2D eigenvalue weighted by Crippen LogP contribution is 2.30. The van der Waals surface area contributed by atoms with Crippen LogP contribution in [0.4, 0.5) is 5.69 Å². The fourth-order valence-electron chi connectivity index (χ4n) is 1.97. The van der Waals surface area contributed by atoms with Crippen LogP contribution < -0.4 is 10.1 Å². The molecular formula is C15H18N2O2. The predicted octanol–water partition coefficient (Wildman–Crippen LogP) is 3.28. The van der Waals surface area contributed by atoms with Gasteiger partial charge in [0, 0.05) is 18.0 Å². The number of nitrogens with one attached hydrogen (secondary N) is 1. The minimum absolute atomic E-state index is 0.0429. The minimum Gasteiger partial charge on any atom is -0.508 e. The standard InChI is InChI=1S/C15H18N2O2/c1-10-6-12(9-16-8-10)17-11(2)14-7-13(19-3)4-5-15(14)18/h4-9,11,17-18H,1-3H3. The molecular weight excluding hydrogens is 240 g/mol. The van der Waals surface area contributed by atoms with E-state index in [4.69, 9.17) is 4.74 Å². The third-order valence-corrected chi connectivity index (χ3v) is 2.96. The molecule has 19 heavy (non-hydrogen) atoms. The molecule has 0 aliphatic heterocycles. The van der Waals surface area contributed by atoms with E-state index in [0.29, 0.717) is 0 Å². The van der Waals surface area contributed by atoms with Crippen LogP contribution in [0.25, 0.3) is 0 Å². The van der Waals surface area contributed by atoms with Gasteiger partial charge < -0.3 is 15.2 Å². The van der Waals surface area contributed by atoms with Crippen molar-refractivity contribution in [2.45, 2.75) is 19.9 Å². The summed E-state index contributed by atoms with van der Waals surface area (Å²) in [4.78, 5) is 4.14. The maximum Gasteiger partial charge on any atom is 0.121 e. The van der Waals surface area contributed by atoms with E-state index in [-0.39, 0.29) is 11.8 Å². The normalized spacial score (nSPS) is 11.9. The summed E-state index contributed by atoms with van der Waals surface area (Å²) in [7, 11) is 1.61. The van der Waals surface area contributed by atoms with Crippen LogP contribution in [0.1, 0.15) is 24.1 Å². The van der Waals surface area contributed by atoms with E-state index >= 15 is 0 Å². The third-order valence-electron chi connectivity index (χ3n) is 2.96. The van der Waals surface area contributed by atoms with Crippen LogP contribution in [-0.4, -0.2) is 17.2 Å². The zero-order valence-corrected chi connectivity index (χ0v) is 11.3. The molecule has 2 rings (SSSR count). The van der Waals surface area contributed by atoms with E-state index in [2.05, 4.69) is 10.3 Å². The molecule has 4 nitrogen and oxygen atoms in total. The summed E-state index contributed by atoms with van der Waals surface area (Å²) in [6, 6.07) is 7.18. The van der Waals surface area contributed by atoms with Crippen LogP contribution in [-0.2, 0) is 0 Å². The van der Waals surface area contributed by atoms with Gasteiger partial charge in [0.2, 0.25) is 0 Å². The summed E-state index contributed by atoms with van der Waals surface area (Å²) in [6.07, 6.45) is 3.57. The number of phenols is 1. The quantitative estimate of drug-likeness (QED) is 0.883. The number of hydrogen-bond donors (Lipinski definition) is 2. The Labute approximate surface area is 113 Å². The number of methoxy groups -OCH3 is 1. The van der Waals surface area contributed by atoms with Gasteiger partial charge >= 0.3 is 0 Å². The molecule has 0 aliphatic rings. The first-order chi connectivity index (χ1) is 9.10. The average Bonchev–Trinajstić information content (AvgIpc) is 2.39. The number of hydrogen-bond acceptors (Lipinski definition) is 4. The van der Waals surface area contributed by atoms with Crippen LogP contribution >= 0.6 is 0 Å². The first-order valence-electron chi connectivity index (χ1n) is 6.15. The lowest BCUT2D eigenvalue weighted by molar-refractivity contribution is 0.410. The minimum atomic E-state index is -0.0429.